The number of fused-ring (bicyclic) bond motifs is 3. The van der Waals surface area contributed by atoms with E-state index < -0.39 is 5.82 Å². The Balaban J connectivity index is 1.37. The maximum Gasteiger partial charge on any atom is 0.319 e. The third-order valence-corrected chi connectivity index (χ3v) is 9.29. The molecule has 0 unspecified atom stereocenters. The number of anilines is 1. The first-order valence-corrected chi connectivity index (χ1v) is 12.8. The Bertz CT molecular complexity index is 1140. The lowest BCUT2D eigenvalue weighted by Gasteiger charge is -2.31. The first-order chi connectivity index (χ1) is 16.0. The molecule has 3 saturated heterocycles. The fraction of sp³-hybridized carbons (Fsp3) is 0.591. The van der Waals surface area contributed by atoms with Crippen LogP contribution >= 0.6 is 34.2 Å². The number of nitrogens with zero attached hydrogens (tertiary/aromatic N) is 5. The van der Waals surface area contributed by atoms with Crippen LogP contribution in [0.25, 0.3) is 10.9 Å². The average Bonchev–Trinajstić information content (AvgIpc) is 3.17. The first kappa shape index (κ1) is 22.1. The summed E-state index contributed by atoms with van der Waals surface area (Å²) in [4.78, 5) is 17.6. The van der Waals surface area contributed by atoms with E-state index >= 15 is 0 Å². The van der Waals surface area contributed by atoms with E-state index in [2.05, 4.69) is 42.4 Å². The van der Waals surface area contributed by atoms with Crippen molar-refractivity contribution in [2.75, 3.05) is 44.4 Å². The number of rotatable bonds is 4. The molecule has 4 aliphatic rings. The van der Waals surface area contributed by atoms with E-state index in [0.717, 1.165) is 25.0 Å². The van der Waals surface area contributed by atoms with Crippen molar-refractivity contribution >= 4 is 50.9 Å². The van der Waals surface area contributed by atoms with Gasteiger partial charge in [0.15, 0.2) is 11.0 Å². The van der Waals surface area contributed by atoms with Crippen molar-refractivity contribution in [2.45, 2.75) is 34.8 Å². The van der Waals surface area contributed by atoms with Gasteiger partial charge in [0, 0.05) is 35.2 Å². The molecule has 0 amide bonds. The molecule has 0 spiro atoms. The highest BCUT2D eigenvalue weighted by atomic mass is 127. The third-order valence-electron chi connectivity index (χ3n) is 7.37. The van der Waals surface area contributed by atoms with E-state index in [1.54, 1.807) is 0 Å². The van der Waals surface area contributed by atoms with Gasteiger partial charge < -0.3 is 14.4 Å². The smallest absolute Gasteiger partial charge is 0.319 e. The lowest BCUT2D eigenvalue weighted by molar-refractivity contribution is 0.108. The lowest BCUT2D eigenvalue weighted by Crippen LogP contribution is -2.43. The van der Waals surface area contributed by atoms with E-state index in [9.17, 15) is 8.78 Å². The highest BCUT2D eigenvalue weighted by Crippen LogP contribution is 2.47. The van der Waals surface area contributed by atoms with Gasteiger partial charge in [-0.2, -0.15) is 9.97 Å². The van der Waals surface area contributed by atoms with Gasteiger partial charge in [-0.3, -0.25) is 4.90 Å². The van der Waals surface area contributed by atoms with Gasteiger partial charge in [-0.15, -0.1) is 0 Å². The molecule has 1 saturated carbocycles. The number of hydrogen-bond acceptors (Lipinski definition) is 7. The summed E-state index contributed by atoms with van der Waals surface area (Å²) in [7, 11) is 0. The molecule has 2 aromatic rings. The fourth-order valence-electron chi connectivity index (χ4n) is 5.62. The Labute approximate surface area is 208 Å². The SMILES string of the molecule is F/C=C1\CN2CCC[C@@]2(COc2nc(N3CCOC[C@H]4[C@H](I)[C@H]43)c3cnc(Cl)c(F)c3n2)C1. The van der Waals surface area contributed by atoms with Crippen LogP contribution in [-0.4, -0.2) is 74.8 Å². The van der Waals surface area contributed by atoms with Gasteiger partial charge in [0.05, 0.1) is 30.5 Å². The number of hydrogen-bond donors (Lipinski definition) is 0. The summed E-state index contributed by atoms with van der Waals surface area (Å²) < 4.78 is 40.5. The van der Waals surface area contributed by atoms with Gasteiger partial charge in [0.1, 0.15) is 17.9 Å². The van der Waals surface area contributed by atoms with Crippen LogP contribution in [0.15, 0.2) is 18.1 Å². The van der Waals surface area contributed by atoms with E-state index in [1.807, 2.05) is 0 Å². The van der Waals surface area contributed by atoms with Crippen LogP contribution < -0.4 is 9.64 Å². The predicted octanol–water partition coefficient (Wildman–Crippen LogP) is 3.93. The molecule has 6 rings (SSSR count). The Kier molecular flexibility index (Phi) is 5.62. The topological polar surface area (TPSA) is 63.6 Å². The molecule has 0 bridgehead atoms. The van der Waals surface area contributed by atoms with Gasteiger partial charge in [-0.1, -0.05) is 34.2 Å². The van der Waals surface area contributed by atoms with Crippen LogP contribution in [0, 0.1) is 11.7 Å². The normalized spacial score (nSPS) is 32.8. The highest BCUT2D eigenvalue weighted by Gasteiger charge is 2.54. The van der Waals surface area contributed by atoms with Crippen molar-refractivity contribution in [3.05, 3.63) is 29.1 Å². The van der Waals surface area contributed by atoms with Crippen LogP contribution in [0.1, 0.15) is 19.3 Å². The van der Waals surface area contributed by atoms with Crippen molar-refractivity contribution < 1.29 is 18.3 Å². The minimum atomic E-state index is -0.684. The molecular formula is C22H23ClF2IN5O2. The van der Waals surface area contributed by atoms with Gasteiger partial charge in [0.25, 0.3) is 0 Å². The number of pyridine rings is 1. The quantitative estimate of drug-likeness (QED) is 0.304. The Morgan fingerprint density at radius 3 is 3.09 bits per heavy atom. The largest absolute Gasteiger partial charge is 0.461 e. The second-order valence-corrected chi connectivity index (χ2v) is 11.1. The maximum atomic E-state index is 15.0. The van der Waals surface area contributed by atoms with Crippen LogP contribution in [0.2, 0.25) is 5.15 Å². The molecule has 33 heavy (non-hydrogen) atoms. The van der Waals surface area contributed by atoms with Gasteiger partial charge >= 0.3 is 6.01 Å². The molecule has 4 fully saturated rings. The van der Waals surface area contributed by atoms with Crippen molar-refractivity contribution in [3.8, 4) is 6.01 Å². The first-order valence-electron chi connectivity index (χ1n) is 11.2. The van der Waals surface area contributed by atoms with Crippen LogP contribution in [0.4, 0.5) is 14.6 Å². The minimum Gasteiger partial charge on any atom is -0.461 e. The van der Waals surface area contributed by atoms with Gasteiger partial charge in [0.2, 0.25) is 0 Å². The Hall–Kier alpha value is -1.37. The summed E-state index contributed by atoms with van der Waals surface area (Å²) >= 11 is 8.42. The van der Waals surface area contributed by atoms with Gasteiger partial charge in [-0.05, 0) is 31.4 Å². The van der Waals surface area contributed by atoms with Crippen molar-refractivity contribution in [1.82, 2.24) is 19.9 Å². The molecule has 0 radical (unpaired) electrons. The summed E-state index contributed by atoms with van der Waals surface area (Å²) in [5.41, 5.74) is 0.606. The second kappa shape index (κ2) is 8.39. The number of ether oxygens (including phenoxy) is 2. The average molecular weight is 590 g/mol. The van der Waals surface area contributed by atoms with E-state index in [4.69, 9.17) is 26.1 Å². The zero-order chi connectivity index (χ0) is 22.7. The summed E-state index contributed by atoms with van der Waals surface area (Å²) in [6.45, 7) is 3.76. The molecule has 2 aromatic heterocycles. The van der Waals surface area contributed by atoms with E-state index in [-0.39, 0.29) is 28.3 Å². The van der Waals surface area contributed by atoms with E-state index in [1.165, 1.54) is 6.20 Å². The summed E-state index contributed by atoms with van der Waals surface area (Å²) in [6, 6.07) is 0.360. The Morgan fingerprint density at radius 1 is 1.36 bits per heavy atom. The second-order valence-electron chi connectivity index (χ2n) is 9.30. The van der Waals surface area contributed by atoms with Crippen LogP contribution in [0.5, 0.6) is 6.01 Å². The molecule has 11 heteroatoms. The van der Waals surface area contributed by atoms with Crippen molar-refractivity contribution in [3.63, 3.8) is 0 Å². The van der Waals surface area contributed by atoms with Gasteiger partial charge in [-0.25, -0.2) is 13.8 Å². The number of aromatic nitrogens is 3. The third kappa shape index (κ3) is 3.68. The fourth-order valence-corrected chi connectivity index (χ4v) is 7.07. The van der Waals surface area contributed by atoms with Crippen molar-refractivity contribution in [1.29, 1.82) is 0 Å². The molecule has 0 aromatic carbocycles. The summed E-state index contributed by atoms with van der Waals surface area (Å²) in [5.74, 6) is 0.313. The molecule has 1 aliphatic carbocycles. The number of alkyl halides is 1. The highest BCUT2D eigenvalue weighted by molar-refractivity contribution is 14.1. The van der Waals surface area contributed by atoms with Crippen molar-refractivity contribution in [2.24, 2.45) is 5.92 Å². The maximum absolute atomic E-state index is 15.0. The molecular weight excluding hydrogens is 567 g/mol. The van der Waals surface area contributed by atoms with Crippen LogP contribution in [-0.2, 0) is 4.74 Å². The predicted molar refractivity (Wildman–Crippen MR) is 128 cm³/mol. The standard InChI is InChI=1S/C22H23ClF2IN5O2/c23-19-15(25)17-13(8-27-19)20(31-4-5-32-10-14-16(26)18(14)31)29-21(28-17)33-11-22-2-1-3-30(22)9-12(6-22)7-24/h7-8,14,16,18H,1-6,9-11H2/b12-7-/t14-,16-,18-,22-/m0/s1. The van der Waals surface area contributed by atoms with Crippen LogP contribution in [0.3, 0.4) is 0 Å². The Morgan fingerprint density at radius 2 is 2.24 bits per heavy atom. The number of halogens is 4. The molecule has 0 N–H and O–H groups in total. The zero-order valence-corrected chi connectivity index (χ0v) is 20.7. The lowest BCUT2D eigenvalue weighted by atomic mass is 9.94. The van der Waals surface area contributed by atoms with E-state index in [0.29, 0.717) is 66.7 Å². The molecule has 176 valence electrons. The molecule has 3 aliphatic heterocycles. The zero-order valence-electron chi connectivity index (χ0n) is 17.8. The molecule has 7 nitrogen and oxygen atoms in total. The summed E-state index contributed by atoms with van der Waals surface area (Å²) in [6.07, 6.45) is 4.81. The monoisotopic (exact) mass is 589 g/mol. The summed E-state index contributed by atoms with van der Waals surface area (Å²) in [5, 5.41) is 0.270. The minimum absolute atomic E-state index is 0.0962. The molecule has 5 heterocycles. The molecule has 4 atom stereocenters.